The van der Waals surface area contributed by atoms with Crippen LogP contribution in [0.4, 0.5) is 11.4 Å². The number of β-amino-alcohol motifs (C(OH)–C–C–N with tert-alkyl or cyclic N) is 1. The molecule has 4 aliphatic rings. The summed E-state index contributed by atoms with van der Waals surface area (Å²) in [6.45, 7) is 4.24. The van der Waals surface area contributed by atoms with Crippen LogP contribution in [0.15, 0.2) is 72.8 Å². The maximum Gasteiger partial charge on any atom is 0.265 e. The maximum absolute atomic E-state index is 12.8. The van der Waals surface area contributed by atoms with E-state index in [2.05, 4.69) is 10.2 Å². The van der Waals surface area contributed by atoms with Gasteiger partial charge in [-0.15, -0.1) is 0 Å². The normalized spacial score (nSPS) is 20.5. The maximum atomic E-state index is 12.8. The van der Waals surface area contributed by atoms with Crippen LogP contribution in [0.1, 0.15) is 19.3 Å². The summed E-state index contributed by atoms with van der Waals surface area (Å²) in [4.78, 5) is 31.4. The number of rotatable bonds is 8. The van der Waals surface area contributed by atoms with Gasteiger partial charge in [0, 0.05) is 61.0 Å². The van der Waals surface area contributed by atoms with E-state index in [1.54, 1.807) is 4.90 Å². The number of likely N-dealkylation sites (tertiary alicyclic amines) is 1. The molecule has 258 valence electrons. The summed E-state index contributed by atoms with van der Waals surface area (Å²) in [5.74, 6) is 1.16. The minimum absolute atomic E-state index is 0.00499. The topological polar surface area (TPSA) is 94.6 Å². The molecule has 0 spiro atoms. The van der Waals surface area contributed by atoms with Gasteiger partial charge in [0.25, 0.3) is 11.8 Å². The van der Waals surface area contributed by atoms with Crippen LogP contribution in [-0.4, -0.2) is 86.4 Å². The number of hydrogen-bond donors (Lipinski definition) is 2. The lowest BCUT2D eigenvalue weighted by atomic mass is 9.95. The monoisotopic (exact) mass is 712 g/mol. The number of carbonyl (C=O) groups excluding carboxylic acids is 2. The van der Waals surface area contributed by atoms with Crippen molar-refractivity contribution in [3.63, 3.8) is 0 Å². The molecule has 2 saturated heterocycles. The number of benzene rings is 4. The molecule has 0 aromatic heterocycles. The quantitative estimate of drug-likeness (QED) is 0.223. The van der Waals surface area contributed by atoms with E-state index in [9.17, 15) is 14.7 Å². The number of aliphatic hydroxyl groups excluding tert-OH is 1. The fourth-order valence-electron chi connectivity index (χ4n) is 7.50. The van der Waals surface area contributed by atoms with Crippen LogP contribution in [0.2, 0.25) is 10.0 Å². The van der Waals surface area contributed by atoms with E-state index in [-0.39, 0.29) is 37.2 Å². The summed E-state index contributed by atoms with van der Waals surface area (Å²) in [7, 11) is 0. The van der Waals surface area contributed by atoms with Gasteiger partial charge in [-0.3, -0.25) is 14.5 Å². The van der Waals surface area contributed by atoms with E-state index in [4.69, 9.17) is 32.7 Å². The third kappa shape index (κ3) is 6.33. The van der Waals surface area contributed by atoms with Crippen LogP contribution in [0.25, 0.3) is 33.4 Å². The van der Waals surface area contributed by atoms with Crippen molar-refractivity contribution in [3.8, 4) is 44.9 Å². The van der Waals surface area contributed by atoms with Crippen molar-refractivity contribution in [2.75, 3.05) is 62.3 Å². The van der Waals surface area contributed by atoms with Gasteiger partial charge in [-0.1, -0.05) is 71.7 Å². The van der Waals surface area contributed by atoms with Gasteiger partial charge < -0.3 is 29.7 Å². The Balaban J connectivity index is 1.06. The zero-order valence-electron chi connectivity index (χ0n) is 27.5. The van der Waals surface area contributed by atoms with Crippen LogP contribution in [-0.2, 0) is 9.59 Å². The summed E-state index contributed by atoms with van der Waals surface area (Å²) < 4.78 is 11.8. The fourth-order valence-corrected chi connectivity index (χ4v) is 8.18. The Morgan fingerprint density at radius 2 is 1.32 bits per heavy atom. The molecular weight excluding hydrogens is 675 g/mol. The van der Waals surface area contributed by atoms with Gasteiger partial charge in [0.15, 0.2) is 13.2 Å². The molecule has 0 bridgehead atoms. The van der Waals surface area contributed by atoms with Crippen molar-refractivity contribution in [1.29, 1.82) is 0 Å². The van der Waals surface area contributed by atoms with Gasteiger partial charge in [-0.05, 0) is 61.2 Å². The Hall–Kier alpha value is -4.12. The van der Waals surface area contributed by atoms with Gasteiger partial charge in [-0.25, -0.2) is 0 Å². The fraction of sp³-hybridized carbons (Fsp3) is 0.333. The molecule has 2 fully saturated rings. The summed E-state index contributed by atoms with van der Waals surface area (Å²) in [6, 6.07) is 23.7. The first-order valence-corrected chi connectivity index (χ1v) is 18.0. The van der Waals surface area contributed by atoms with Crippen molar-refractivity contribution in [2.24, 2.45) is 0 Å². The highest BCUT2D eigenvalue weighted by Crippen LogP contribution is 2.45. The Kier molecular flexibility index (Phi) is 9.18. The van der Waals surface area contributed by atoms with Crippen LogP contribution in [0.5, 0.6) is 11.5 Å². The van der Waals surface area contributed by atoms with E-state index < -0.39 is 0 Å². The molecule has 0 saturated carbocycles. The number of ether oxygens (including phenoxy) is 2. The second-order valence-corrected chi connectivity index (χ2v) is 14.1. The van der Waals surface area contributed by atoms with Gasteiger partial charge >= 0.3 is 0 Å². The molecular formula is C39H38Cl2N4O5. The molecule has 4 aromatic rings. The summed E-state index contributed by atoms with van der Waals surface area (Å²) in [5.41, 5.74) is 6.45. The van der Waals surface area contributed by atoms with Crippen LogP contribution >= 0.6 is 23.2 Å². The minimum Gasteiger partial charge on any atom is -0.482 e. The standard InChI is InChI=1S/C39H38Cl2N4O5/c40-38-28(24-9-11-32-34(18-24)49-22-36(47)44(32)17-16-43-15-13-27(46)21-43)5-1-7-30(38)31-8-2-6-29(39(31)41)25-10-12-33-35(19-25)50-23-37(48)45(33)20-26-4-3-14-42-26/h1-2,5-12,18-19,26-27,42,46H,3-4,13-17,20-23H2/t26-,27-/m0/s1. The Morgan fingerprint density at radius 1 is 0.740 bits per heavy atom. The second kappa shape index (κ2) is 13.9. The minimum atomic E-state index is -0.301. The van der Waals surface area contributed by atoms with E-state index >= 15 is 0 Å². The van der Waals surface area contributed by atoms with Gasteiger partial charge in [0.1, 0.15) is 11.5 Å². The number of fused-ring (bicyclic) bond motifs is 2. The zero-order chi connectivity index (χ0) is 34.4. The molecule has 11 heteroatoms. The first kappa shape index (κ1) is 33.0. The molecule has 8 rings (SSSR count). The first-order valence-electron chi connectivity index (χ1n) is 17.2. The van der Waals surface area contributed by atoms with E-state index in [1.807, 2.05) is 77.7 Å². The zero-order valence-corrected chi connectivity index (χ0v) is 29.1. The Bertz CT molecular complexity index is 1970. The summed E-state index contributed by atoms with van der Waals surface area (Å²) in [6.07, 6.45) is 2.63. The lowest BCUT2D eigenvalue weighted by molar-refractivity contribution is -0.122. The molecule has 9 nitrogen and oxygen atoms in total. The molecule has 2 N–H and O–H groups in total. The molecule has 4 heterocycles. The molecule has 50 heavy (non-hydrogen) atoms. The highest BCUT2D eigenvalue weighted by molar-refractivity contribution is 6.39. The molecule has 0 radical (unpaired) electrons. The highest BCUT2D eigenvalue weighted by Gasteiger charge is 2.30. The van der Waals surface area contributed by atoms with Crippen LogP contribution in [0.3, 0.4) is 0 Å². The Labute approximate surface area is 301 Å². The predicted octanol–water partition coefficient (Wildman–Crippen LogP) is 6.26. The lowest BCUT2D eigenvalue weighted by Crippen LogP contribution is -2.45. The van der Waals surface area contributed by atoms with Gasteiger partial charge in [0.2, 0.25) is 0 Å². The first-order chi connectivity index (χ1) is 24.3. The second-order valence-electron chi connectivity index (χ2n) is 13.4. The molecule has 0 unspecified atom stereocenters. The molecule has 2 amide bonds. The third-order valence-electron chi connectivity index (χ3n) is 10.2. The summed E-state index contributed by atoms with van der Waals surface area (Å²) >= 11 is 14.3. The van der Waals surface area contributed by atoms with Crippen molar-refractivity contribution < 1.29 is 24.2 Å². The number of halogens is 2. The third-order valence-corrected chi connectivity index (χ3v) is 11.0. The number of amides is 2. The highest BCUT2D eigenvalue weighted by atomic mass is 35.5. The van der Waals surface area contributed by atoms with Crippen LogP contribution in [0, 0.1) is 0 Å². The number of carbonyl (C=O) groups is 2. The molecule has 2 atom stereocenters. The Morgan fingerprint density at radius 3 is 1.88 bits per heavy atom. The predicted molar refractivity (Wildman–Crippen MR) is 197 cm³/mol. The van der Waals surface area contributed by atoms with Gasteiger partial charge in [0.05, 0.1) is 27.5 Å². The lowest BCUT2D eigenvalue weighted by Gasteiger charge is -2.31. The molecule has 4 aromatic carbocycles. The number of aliphatic hydroxyl groups is 1. The van der Waals surface area contributed by atoms with Gasteiger partial charge in [-0.2, -0.15) is 0 Å². The number of anilines is 2. The van der Waals surface area contributed by atoms with Crippen molar-refractivity contribution in [3.05, 3.63) is 82.8 Å². The summed E-state index contributed by atoms with van der Waals surface area (Å²) in [5, 5.41) is 14.5. The average Bonchev–Trinajstić information content (AvgIpc) is 3.80. The van der Waals surface area contributed by atoms with E-state index in [0.29, 0.717) is 47.7 Å². The van der Waals surface area contributed by atoms with E-state index in [0.717, 1.165) is 77.1 Å². The average molecular weight is 714 g/mol. The van der Waals surface area contributed by atoms with E-state index in [1.165, 1.54) is 0 Å². The van der Waals surface area contributed by atoms with Crippen molar-refractivity contribution in [2.45, 2.75) is 31.4 Å². The number of nitrogens with one attached hydrogen (secondary N) is 1. The number of hydrogen-bond acceptors (Lipinski definition) is 7. The van der Waals surface area contributed by atoms with Crippen LogP contribution < -0.4 is 24.6 Å². The number of nitrogens with zero attached hydrogens (tertiary/aromatic N) is 3. The smallest absolute Gasteiger partial charge is 0.265 e. The van der Waals surface area contributed by atoms with Crippen molar-refractivity contribution >= 4 is 46.4 Å². The largest absolute Gasteiger partial charge is 0.482 e. The molecule has 4 aliphatic heterocycles. The van der Waals surface area contributed by atoms with Crippen molar-refractivity contribution in [1.82, 2.24) is 10.2 Å². The molecule has 0 aliphatic carbocycles. The SMILES string of the molecule is O=C1COc2cc(-c3cccc(-c4cccc(-c5ccc6c(c5)OCC(=O)N6C[C@@H]5CCCN5)c4Cl)c3Cl)ccc2N1CCN1CC[C@H](O)C1.